The summed E-state index contributed by atoms with van der Waals surface area (Å²) in [6, 6.07) is 2.94. The molecule has 0 bridgehead atoms. The number of aromatic nitrogens is 3. The van der Waals surface area contributed by atoms with Crippen LogP contribution < -0.4 is 10.6 Å². The van der Waals surface area contributed by atoms with Gasteiger partial charge in [0.2, 0.25) is 6.29 Å². The first kappa shape index (κ1) is 45.6. The number of likely N-dealkylation sites (N-methyl/N-ethyl adjacent to an activating group) is 1. The monoisotopic (exact) mass is 798 g/mol. The van der Waals surface area contributed by atoms with Gasteiger partial charge in [0.05, 0.1) is 29.8 Å². The molecule has 1 saturated heterocycles. The zero-order chi connectivity index (χ0) is 42.1. The van der Waals surface area contributed by atoms with E-state index in [0.717, 1.165) is 17.7 Å². The molecule has 0 radical (unpaired) electrons. The maximum absolute atomic E-state index is 14.2. The number of allylic oxidation sites excluding steroid dienone is 1. The molecular weight excluding hydrogens is 736 g/mol. The number of nitrogens with one attached hydrogen (secondary N) is 2. The first-order valence-electron chi connectivity index (χ1n) is 19.6. The van der Waals surface area contributed by atoms with Crippen molar-refractivity contribution in [3.63, 3.8) is 0 Å². The van der Waals surface area contributed by atoms with E-state index in [1.54, 1.807) is 46.4 Å². The molecule has 1 fully saturated rings. The van der Waals surface area contributed by atoms with Crippen LogP contribution in [-0.4, -0.2) is 131 Å². The van der Waals surface area contributed by atoms with E-state index in [2.05, 4.69) is 20.6 Å². The summed E-state index contributed by atoms with van der Waals surface area (Å²) in [5.41, 5.74) is -1.05. The summed E-state index contributed by atoms with van der Waals surface area (Å²) in [5.74, 6) is -4.70. The topological polar surface area (TPSA) is 193 Å². The Balaban J connectivity index is 1.50. The first-order valence-corrected chi connectivity index (χ1v) is 19.6. The van der Waals surface area contributed by atoms with Crippen LogP contribution in [0.3, 0.4) is 0 Å². The lowest BCUT2D eigenvalue weighted by atomic mass is 9.77. The summed E-state index contributed by atoms with van der Waals surface area (Å²) in [6.45, 7) is 11.0. The van der Waals surface area contributed by atoms with Crippen molar-refractivity contribution in [2.24, 2.45) is 17.8 Å². The van der Waals surface area contributed by atoms with Crippen LogP contribution >= 0.6 is 0 Å². The minimum absolute atomic E-state index is 0.103. The number of aliphatic hydroxyl groups is 1. The van der Waals surface area contributed by atoms with Gasteiger partial charge in [-0.3, -0.25) is 19.4 Å². The van der Waals surface area contributed by atoms with Gasteiger partial charge in [0.25, 0.3) is 0 Å². The third-order valence-corrected chi connectivity index (χ3v) is 11.1. The SMILES string of the molecule is CO[C@H]1OC(=O)[C@H](C)C(=O)[C@H](C)[C@@H](OC2O[C@H](C)C[C@H](N(C)C)[C@H]2O)[C@@](C)(OC)CC(C)C(=O)/C=C/[C@]1(C)NC(=O)NCCCCn1cnc(-c2cccnc2)c1. The third-order valence-electron chi connectivity index (χ3n) is 11.1. The van der Waals surface area contributed by atoms with Crippen molar-refractivity contribution in [1.29, 1.82) is 0 Å². The maximum atomic E-state index is 14.2. The van der Waals surface area contributed by atoms with E-state index in [1.165, 1.54) is 33.3 Å². The van der Waals surface area contributed by atoms with Gasteiger partial charge in [-0.05, 0) is 91.8 Å². The zero-order valence-corrected chi connectivity index (χ0v) is 35.0. The molecular formula is C41H62N6O10. The largest absolute Gasteiger partial charge is 0.432 e. The quantitative estimate of drug-likeness (QED) is 0.161. The number of aliphatic hydroxyl groups excluding tert-OH is 1. The highest BCUT2D eigenvalue weighted by atomic mass is 16.7. The van der Waals surface area contributed by atoms with Crippen LogP contribution in [-0.2, 0) is 44.6 Å². The van der Waals surface area contributed by atoms with E-state index in [9.17, 15) is 24.3 Å². The van der Waals surface area contributed by atoms with E-state index in [0.29, 0.717) is 25.9 Å². The van der Waals surface area contributed by atoms with Crippen molar-refractivity contribution in [3.05, 3.63) is 49.2 Å². The highest BCUT2D eigenvalue weighted by Crippen LogP contribution is 2.37. The number of aryl methyl sites for hydroxylation is 1. The minimum Gasteiger partial charge on any atom is -0.432 e. The Hall–Kier alpha value is -4.06. The van der Waals surface area contributed by atoms with Crippen LogP contribution in [0.15, 0.2) is 49.2 Å². The van der Waals surface area contributed by atoms with Crippen LogP contribution in [0.5, 0.6) is 0 Å². The smallest absolute Gasteiger partial charge is 0.318 e. The average molecular weight is 799 g/mol. The summed E-state index contributed by atoms with van der Waals surface area (Å²) in [7, 11) is 6.48. The number of hydrogen-bond donors (Lipinski definition) is 3. The van der Waals surface area contributed by atoms with Crippen molar-refractivity contribution < 1.29 is 48.0 Å². The van der Waals surface area contributed by atoms with Crippen molar-refractivity contribution in [1.82, 2.24) is 30.1 Å². The Labute approximate surface area is 336 Å². The van der Waals surface area contributed by atoms with Crippen molar-refractivity contribution in [2.75, 3.05) is 34.9 Å². The first-order chi connectivity index (χ1) is 26.9. The van der Waals surface area contributed by atoms with Crippen LogP contribution in [0.4, 0.5) is 4.79 Å². The molecule has 2 aliphatic rings. The van der Waals surface area contributed by atoms with Gasteiger partial charge in [-0.2, -0.15) is 0 Å². The molecule has 0 aromatic carbocycles. The van der Waals surface area contributed by atoms with Gasteiger partial charge in [0.1, 0.15) is 17.6 Å². The summed E-state index contributed by atoms with van der Waals surface area (Å²) < 4.78 is 32.0. The number of esters is 1. The molecule has 3 N–H and O–H groups in total. The standard InChI is InChI=1S/C41H62N6O10/c1-25-21-41(6,54-10)35(56-37-34(50)31(46(7)8)20-26(2)55-37)27(3)33(49)28(4)36(51)57-38(53-9)40(5,16-15-32(25)48)45-39(52)43-18-11-12-19-47-23-30(44-24-47)29-14-13-17-42-22-29/h13-17,22-28,31,34-35,37-38,50H,11-12,18-21H2,1-10H3,(H2,43,45,52)/b16-15+/t25?,26-,27+,28-,31+,34-,35-,37?,38+,40+,41+/m1/s1. The molecule has 2 aliphatic heterocycles. The lowest BCUT2D eigenvalue weighted by Gasteiger charge is -2.46. The molecule has 57 heavy (non-hydrogen) atoms. The molecule has 0 saturated carbocycles. The number of carbonyl (C=O) groups excluding carboxylic acids is 4. The second-order valence-electron chi connectivity index (χ2n) is 16.0. The predicted molar refractivity (Wildman–Crippen MR) is 211 cm³/mol. The predicted octanol–water partition coefficient (Wildman–Crippen LogP) is 3.52. The highest BCUT2D eigenvalue weighted by molar-refractivity contribution is 6.00. The number of nitrogens with zero attached hydrogens (tertiary/aromatic N) is 4. The van der Waals surface area contributed by atoms with Gasteiger partial charge in [0, 0.05) is 69.3 Å². The molecule has 2 amide bonds. The number of cyclic esters (lactones) is 1. The second kappa shape index (κ2) is 20.1. The van der Waals surface area contributed by atoms with E-state index < -0.39 is 71.5 Å². The van der Waals surface area contributed by atoms with Crippen molar-refractivity contribution in [3.8, 4) is 11.3 Å². The molecule has 11 atom stereocenters. The Bertz CT molecular complexity index is 1690. The summed E-state index contributed by atoms with van der Waals surface area (Å²) >= 11 is 0. The number of rotatable bonds is 12. The Kier molecular flexibility index (Phi) is 16.1. The Morgan fingerprint density at radius 1 is 1.12 bits per heavy atom. The molecule has 4 heterocycles. The van der Waals surface area contributed by atoms with Crippen LogP contribution in [0.2, 0.25) is 0 Å². The number of carbonyl (C=O) groups is 4. The lowest BCUT2D eigenvalue weighted by Crippen LogP contribution is -2.59. The summed E-state index contributed by atoms with van der Waals surface area (Å²) in [6.07, 6.45) is 7.07. The molecule has 2 unspecified atom stereocenters. The van der Waals surface area contributed by atoms with E-state index in [1.807, 2.05) is 48.8 Å². The van der Waals surface area contributed by atoms with E-state index in [-0.39, 0.29) is 24.3 Å². The number of hydrogen-bond acceptors (Lipinski definition) is 13. The Morgan fingerprint density at radius 3 is 2.51 bits per heavy atom. The summed E-state index contributed by atoms with van der Waals surface area (Å²) in [5, 5.41) is 17.0. The second-order valence-corrected chi connectivity index (χ2v) is 16.0. The average Bonchev–Trinajstić information content (AvgIpc) is 3.66. The lowest BCUT2D eigenvalue weighted by molar-refractivity contribution is -0.295. The van der Waals surface area contributed by atoms with Crippen LogP contribution in [0.1, 0.15) is 67.2 Å². The van der Waals surface area contributed by atoms with Gasteiger partial charge in [-0.15, -0.1) is 0 Å². The number of methoxy groups -OCH3 is 2. The van der Waals surface area contributed by atoms with Crippen molar-refractivity contribution >= 4 is 23.6 Å². The number of Topliss-reactive ketones (excluding diaryl/α,β-unsaturated/α-hetero) is 1. The van der Waals surface area contributed by atoms with Gasteiger partial charge in [-0.25, -0.2) is 9.78 Å². The van der Waals surface area contributed by atoms with Gasteiger partial charge in [0.15, 0.2) is 17.9 Å². The van der Waals surface area contributed by atoms with E-state index >= 15 is 0 Å². The van der Waals surface area contributed by atoms with Crippen LogP contribution in [0, 0.1) is 17.8 Å². The number of unbranched alkanes of at least 4 members (excludes halogenated alkanes) is 1. The van der Waals surface area contributed by atoms with Gasteiger partial charge < -0.3 is 48.9 Å². The molecule has 316 valence electrons. The number of urea groups is 1. The molecule has 4 rings (SSSR count). The maximum Gasteiger partial charge on any atom is 0.318 e. The van der Waals surface area contributed by atoms with Crippen LogP contribution in [0.25, 0.3) is 11.3 Å². The number of ether oxygens (including phenoxy) is 5. The Morgan fingerprint density at radius 2 is 1.86 bits per heavy atom. The fraction of sp³-hybridized carbons (Fsp3) is 0.659. The normalized spacial score (nSPS) is 33.7. The summed E-state index contributed by atoms with van der Waals surface area (Å²) in [4.78, 5) is 65.4. The van der Waals surface area contributed by atoms with Gasteiger partial charge in [-0.1, -0.05) is 13.8 Å². The fourth-order valence-corrected chi connectivity index (χ4v) is 7.55. The minimum atomic E-state index is -1.54. The molecule has 2 aromatic heterocycles. The fourth-order valence-electron chi connectivity index (χ4n) is 7.55. The molecule has 16 heteroatoms. The number of ketones is 2. The molecule has 2 aromatic rings. The number of amides is 2. The zero-order valence-electron chi connectivity index (χ0n) is 35.0. The highest BCUT2D eigenvalue weighted by Gasteiger charge is 2.50. The van der Waals surface area contributed by atoms with E-state index in [4.69, 9.17) is 23.7 Å². The number of imidazole rings is 1. The molecule has 0 aliphatic carbocycles. The van der Waals surface area contributed by atoms with Crippen molar-refractivity contribution in [2.45, 2.75) is 122 Å². The number of pyridine rings is 1. The molecule has 16 nitrogen and oxygen atoms in total. The van der Waals surface area contributed by atoms with Gasteiger partial charge >= 0.3 is 12.0 Å². The molecule has 0 spiro atoms. The third kappa shape index (κ3) is 11.5.